The number of thiophene rings is 2. The van der Waals surface area contributed by atoms with Crippen LogP contribution in [0.4, 0.5) is 43.9 Å². The zero-order valence-corrected chi connectivity index (χ0v) is 52.3. The van der Waals surface area contributed by atoms with Crippen LogP contribution >= 0.6 is 22.7 Å². The van der Waals surface area contributed by atoms with E-state index in [9.17, 15) is 58.6 Å². The van der Waals surface area contributed by atoms with Crippen LogP contribution in [0.3, 0.4) is 0 Å². The number of benzene rings is 6. The lowest BCUT2D eigenvalue weighted by atomic mass is 9.81. The van der Waals surface area contributed by atoms with Crippen LogP contribution in [0, 0.1) is 31.6 Å². The summed E-state index contributed by atoms with van der Waals surface area (Å²) in [7, 11) is 0. The van der Waals surface area contributed by atoms with Gasteiger partial charge in [0.15, 0.2) is 11.6 Å². The summed E-state index contributed by atoms with van der Waals surface area (Å²) in [5, 5.41) is 11.6. The van der Waals surface area contributed by atoms with Crippen molar-refractivity contribution in [3.05, 3.63) is 172 Å². The number of carbonyl (C=O) groups excluding carboxylic acids is 2. The molecule has 0 aliphatic heterocycles. The predicted octanol–water partition coefficient (Wildman–Crippen LogP) is 22.9. The topological polar surface area (TPSA) is 72.8 Å². The van der Waals surface area contributed by atoms with E-state index < -0.39 is 37.0 Å². The van der Waals surface area contributed by atoms with Gasteiger partial charge in [-0.3, -0.25) is 9.59 Å². The summed E-state index contributed by atoms with van der Waals surface area (Å²) in [6, 6.07) is 41.5. The third-order valence-corrected chi connectivity index (χ3v) is 18.3. The van der Waals surface area contributed by atoms with Gasteiger partial charge in [0.25, 0.3) is 0 Å². The first kappa shape index (κ1) is 68.8. The molecule has 0 fully saturated rings. The second kappa shape index (κ2) is 29.3. The van der Waals surface area contributed by atoms with Crippen molar-refractivity contribution >= 4 is 54.4 Å². The maximum absolute atomic E-state index is 13.8. The Labute approximate surface area is 517 Å². The van der Waals surface area contributed by atoms with Gasteiger partial charge in [0.1, 0.15) is 17.2 Å². The molecule has 2 aromatic heterocycles. The first-order valence-corrected chi connectivity index (χ1v) is 31.3. The largest absolute Gasteiger partial charge is 0.508 e. The lowest BCUT2D eigenvalue weighted by Gasteiger charge is -2.26. The monoisotopic (exact) mass is 1260 g/mol. The summed E-state index contributed by atoms with van der Waals surface area (Å²) in [6.45, 7) is 14.6. The Balaban J connectivity index is 0.000000251. The molecule has 0 bridgehead atoms. The fourth-order valence-electron chi connectivity index (χ4n) is 10.5. The average molecular weight is 1260 g/mol. The van der Waals surface area contributed by atoms with Crippen LogP contribution in [0.1, 0.15) is 166 Å². The standard InChI is InChI=1S/C36H39F5O2S.C35H37F5O3S/c1-24-9-12-27(13-10-24)33-31(29-18-11-25(2)23-30(29)44-33)32(42)26-14-16-28(17-15-26)43-22-7-5-6-19-34(3,4)20-8-21-35(37,38)36(39,40)41;1-23-8-17-28-29(22-23)44-32(25-9-13-26(41)14-10-25)30(28)31(42)24-11-15-27(16-12-24)43-21-6-4-5-18-33(2,3)19-7-20-34(36,37)35(38,39)40/h9-18,23H,5-8,19-22H2,1-4H3;8-17,22,41H,4-7,18-21H2,1-3H3. The van der Waals surface area contributed by atoms with Crippen molar-refractivity contribution in [2.45, 2.75) is 163 Å². The van der Waals surface area contributed by atoms with Gasteiger partial charge in [0.05, 0.1) is 13.2 Å². The van der Waals surface area contributed by atoms with E-state index in [4.69, 9.17) is 9.47 Å². The number of carbonyl (C=O) groups is 2. The van der Waals surface area contributed by atoms with E-state index in [0.29, 0.717) is 59.8 Å². The van der Waals surface area contributed by atoms with Crippen molar-refractivity contribution in [2.24, 2.45) is 10.8 Å². The zero-order valence-electron chi connectivity index (χ0n) is 50.7. The van der Waals surface area contributed by atoms with Crippen LogP contribution in [0.5, 0.6) is 17.2 Å². The number of aromatic hydroxyl groups is 1. The number of phenolic OH excluding ortho intramolecular Hbond substituents is 1. The van der Waals surface area contributed by atoms with Gasteiger partial charge in [-0.05, 0) is 190 Å². The van der Waals surface area contributed by atoms with Crippen molar-refractivity contribution < 1.29 is 68.1 Å². The minimum Gasteiger partial charge on any atom is -0.508 e. The number of phenols is 1. The lowest BCUT2D eigenvalue weighted by molar-refractivity contribution is -0.284. The Bertz CT molecular complexity index is 3340. The van der Waals surface area contributed by atoms with E-state index in [1.54, 1.807) is 83.3 Å². The highest BCUT2D eigenvalue weighted by molar-refractivity contribution is 7.23. The van der Waals surface area contributed by atoms with Crippen molar-refractivity contribution in [3.63, 3.8) is 0 Å². The minimum absolute atomic E-state index is 0.0352. The van der Waals surface area contributed by atoms with Gasteiger partial charge >= 0.3 is 24.2 Å². The summed E-state index contributed by atoms with van der Waals surface area (Å²) in [5.41, 5.74) is 7.11. The molecule has 8 aromatic rings. The lowest BCUT2D eigenvalue weighted by Crippen LogP contribution is -2.36. The summed E-state index contributed by atoms with van der Waals surface area (Å²) in [5.74, 6) is -7.94. The van der Waals surface area contributed by atoms with E-state index in [-0.39, 0.29) is 41.0 Å². The Morgan fingerprint density at radius 2 is 0.750 bits per heavy atom. The molecule has 0 aliphatic rings. The summed E-state index contributed by atoms with van der Waals surface area (Å²) >= 11 is 3.18. The fraction of sp³-hybridized carbons (Fsp3) is 0.408. The summed E-state index contributed by atoms with van der Waals surface area (Å²) < 4.78 is 141. The third-order valence-electron chi connectivity index (χ3n) is 15.9. The maximum atomic E-state index is 13.8. The Hall–Kier alpha value is -6.72. The number of ketones is 2. The predicted molar refractivity (Wildman–Crippen MR) is 335 cm³/mol. The molecule has 5 nitrogen and oxygen atoms in total. The van der Waals surface area contributed by atoms with E-state index in [0.717, 1.165) is 109 Å². The molecule has 0 radical (unpaired) electrons. The number of ether oxygens (including phenoxy) is 2. The molecular weight excluding hydrogens is 1190 g/mol. The average Bonchev–Trinajstić information content (AvgIpc) is 2.72. The van der Waals surface area contributed by atoms with Crippen LogP contribution in [0.25, 0.3) is 41.1 Å². The summed E-state index contributed by atoms with van der Waals surface area (Å²) in [6.07, 6.45) is -6.72. The highest BCUT2D eigenvalue weighted by Crippen LogP contribution is 2.45. The fourth-order valence-corrected chi connectivity index (χ4v) is 13.1. The van der Waals surface area contributed by atoms with Gasteiger partial charge in [0, 0.05) is 65.0 Å². The molecule has 0 saturated heterocycles. The highest BCUT2D eigenvalue weighted by atomic mass is 32.1. The van der Waals surface area contributed by atoms with Crippen LogP contribution in [0.15, 0.2) is 133 Å². The quantitative estimate of drug-likeness (QED) is 0.0301. The number of unbranched alkanes of at least 4 members (excludes halogenated alkanes) is 4. The first-order valence-electron chi connectivity index (χ1n) is 29.7. The van der Waals surface area contributed by atoms with Crippen molar-refractivity contribution in [1.29, 1.82) is 0 Å². The van der Waals surface area contributed by atoms with Crippen LogP contribution in [0.2, 0.25) is 0 Å². The van der Waals surface area contributed by atoms with Crippen LogP contribution in [-0.2, 0) is 0 Å². The van der Waals surface area contributed by atoms with Crippen molar-refractivity contribution in [2.75, 3.05) is 13.2 Å². The smallest absolute Gasteiger partial charge is 0.453 e. The number of alkyl halides is 10. The maximum Gasteiger partial charge on any atom is 0.453 e. The molecule has 0 saturated carbocycles. The first-order chi connectivity index (χ1) is 41.3. The van der Waals surface area contributed by atoms with Gasteiger partial charge in [-0.25, -0.2) is 0 Å². The zero-order chi connectivity index (χ0) is 64.2. The number of rotatable bonds is 28. The molecule has 0 atom stereocenters. The molecule has 1 N–H and O–H groups in total. The van der Waals surface area contributed by atoms with E-state index in [1.807, 2.05) is 84.9 Å². The number of fused-ring (bicyclic) bond motifs is 2. The molecule has 6 aromatic carbocycles. The molecule has 0 spiro atoms. The molecular formula is C71H76F10O5S2. The SMILES string of the molecule is Cc1ccc(-c2sc3cc(C)ccc3c2C(=O)c2ccc(OCCCCCC(C)(C)CCCC(F)(F)C(F)(F)F)cc2)cc1.Cc1ccc2c(C(=O)c3ccc(OCCCCCC(C)(C)CCCC(F)(F)C(F)(F)F)cc3)c(-c3ccc(O)cc3)sc2c1. The molecule has 17 heteroatoms. The van der Waals surface area contributed by atoms with Crippen molar-refractivity contribution in [1.82, 2.24) is 0 Å². The molecule has 88 heavy (non-hydrogen) atoms. The number of halogens is 10. The molecule has 472 valence electrons. The van der Waals surface area contributed by atoms with Crippen molar-refractivity contribution in [3.8, 4) is 38.1 Å². The van der Waals surface area contributed by atoms with E-state index in [1.165, 1.54) is 0 Å². The van der Waals surface area contributed by atoms with E-state index in [2.05, 4.69) is 36.4 Å². The molecule has 0 amide bonds. The Morgan fingerprint density at radius 3 is 1.11 bits per heavy atom. The van der Waals surface area contributed by atoms with Gasteiger partial charge in [-0.15, -0.1) is 22.7 Å². The number of hydrogen-bond donors (Lipinski definition) is 1. The van der Waals surface area contributed by atoms with E-state index >= 15 is 0 Å². The van der Waals surface area contributed by atoms with Gasteiger partial charge in [-0.2, -0.15) is 43.9 Å². The van der Waals surface area contributed by atoms with Gasteiger partial charge in [-0.1, -0.05) is 107 Å². The molecule has 0 unspecified atom stereocenters. The minimum atomic E-state index is -5.50. The number of aryl methyl sites for hydroxylation is 3. The second-order valence-corrected chi connectivity index (χ2v) is 26.6. The Kier molecular flexibility index (Phi) is 22.9. The summed E-state index contributed by atoms with van der Waals surface area (Å²) in [4.78, 5) is 29.4. The Morgan fingerprint density at radius 1 is 0.409 bits per heavy atom. The normalized spacial score (nSPS) is 12.6. The molecule has 2 heterocycles. The molecule has 0 aliphatic carbocycles. The second-order valence-electron chi connectivity index (χ2n) is 24.5. The van der Waals surface area contributed by atoms with Gasteiger partial charge < -0.3 is 14.6 Å². The number of hydrogen-bond acceptors (Lipinski definition) is 7. The third kappa shape index (κ3) is 18.7. The van der Waals surface area contributed by atoms with Gasteiger partial charge in [0.2, 0.25) is 0 Å². The molecule has 8 rings (SSSR count). The van der Waals surface area contributed by atoms with Crippen LogP contribution < -0.4 is 9.47 Å². The highest BCUT2D eigenvalue weighted by Gasteiger charge is 2.57. The van der Waals surface area contributed by atoms with Crippen LogP contribution in [-0.4, -0.2) is 54.1 Å².